The van der Waals surface area contributed by atoms with Gasteiger partial charge in [0.15, 0.2) is 11.4 Å². The third kappa shape index (κ3) is 4.37. The molecule has 0 spiro atoms. The van der Waals surface area contributed by atoms with E-state index in [-0.39, 0.29) is 24.8 Å². The Morgan fingerprint density at radius 2 is 1.67 bits per heavy atom. The Balaban J connectivity index is 1.91. The van der Waals surface area contributed by atoms with Gasteiger partial charge in [0.05, 0.1) is 23.7 Å². The van der Waals surface area contributed by atoms with Crippen LogP contribution in [0.15, 0.2) is 78.9 Å². The van der Waals surface area contributed by atoms with Crippen molar-refractivity contribution in [3.63, 3.8) is 0 Å². The zero-order valence-corrected chi connectivity index (χ0v) is 18.3. The van der Waals surface area contributed by atoms with E-state index in [1.165, 1.54) is 0 Å². The highest BCUT2D eigenvalue weighted by Gasteiger charge is 2.39. The average Bonchev–Trinajstić information content (AvgIpc) is 3.21. The summed E-state index contributed by atoms with van der Waals surface area (Å²) in [7, 11) is 0. The van der Waals surface area contributed by atoms with Gasteiger partial charge in [-0.1, -0.05) is 60.7 Å². The molecule has 4 aromatic rings. The van der Waals surface area contributed by atoms with Crippen LogP contribution in [-0.4, -0.2) is 45.0 Å². The Labute approximate surface area is 191 Å². The van der Waals surface area contributed by atoms with Gasteiger partial charge in [0.2, 0.25) is 0 Å². The van der Waals surface area contributed by atoms with Crippen molar-refractivity contribution in [3.8, 4) is 0 Å². The van der Waals surface area contributed by atoms with Gasteiger partial charge in [0.25, 0.3) is 5.91 Å². The zero-order chi connectivity index (χ0) is 23.4. The number of aliphatic hydroxyl groups is 2. The number of aliphatic hydroxyl groups excluding tert-OH is 1. The van der Waals surface area contributed by atoms with E-state index in [0.717, 1.165) is 0 Å². The first-order chi connectivity index (χ1) is 15.9. The van der Waals surface area contributed by atoms with Crippen molar-refractivity contribution in [3.05, 3.63) is 101 Å². The van der Waals surface area contributed by atoms with E-state index in [1.54, 1.807) is 54.0 Å². The number of hydrogen-bond acceptors (Lipinski definition) is 4. The monoisotopic (exact) mass is 447 g/mol. The molecule has 1 atom stereocenters. The van der Waals surface area contributed by atoms with Crippen LogP contribution >= 0.6 is 0 Å². The number of alkyl halides is 1. The van der Waals surface area contributed by atoms with Crippen molar-refractivity contribution in [2.45, 2.75) is 25.2 Å². The van der Waals surface area contributed by atoms with Crippen LogP contribution in [0, 0.1) is 0 Å². The molecule has 33 heavy (non-hydrogen) atoms. The fourth-order valence-electron chi connectivity index (χ4n) is 3.98. The number of rotatable bonds is 8. The molecule has 0 radical (unpaired) electrons. The molecule has 0 aliphatic carbocycles. The molecule has 0 saturated carbocycles. The van der Waals surface area contributed by atoms with Crippen molar-refractivity contribution in [2.75, 3.05) is 13.2 Å². The number of hydrogen-bond donors (Lipinski definition) is 3. The maximum absolute atomic E-state index is 13.7. The maximum atomic E-state index is 13.7. The molecule has 170 valence electrons. The van der Waals surface area contributed by atoms with Gasteiger partial charge in [-0.05, 0) is 36.2 Å². The van der Waals surface area contributed by atoms with Crippen LogP contribution in [0.3, 0.4) is 0 Å². The number of aryl methyl sites for hydroxylation is 1. The van der Waals surface area contributed by atoms with Gasteiger partial charge in [-0.25, -0.2) is 9.37 Å². The predicted molar refractivity (Wildman–Crippen MR) is 125 cm³/mol. The fourth-order valence-corrected chi connectivity index (χ4v) is 3.98. The second-order valence-electron chi connectivity index (χ2n) is 7.98. The van der Waals surface area contributed by atoms with Gasteiger partial charge in [0, 0.05) is 12.1 Å². The minimum absolute atomic E-state index is 0.0352. The topological polar surface area (TPSA) is 87.4 Å². The third-order valence-corrected chi connectivity index (χ3v) is 5.58. The number of nitrogens with one attached hydrogen (secondary N) is 1. The maximum Gasteiger partial charge on any atom is 0.251 e. The summed E-state index contributed by atoms with van der Waals surface area (Å²) in [6.45, 7) is 0.997. The van der Waals surface area contributed by atoms with E-state index in [4.69, 9.17) is 4.98 Å². The zero-order valence-electron chi connectivity index (χ0n) is 18.3. The van der Waals surface area contributed by atoms with Crippen LogP contribution in [-0.2, 0) is 12.1 Å². The molecule has 0 bridgehead atoms. The molecule has 0 aliphatic rings. The molecule has 6 nitrogen and oxygen atoms in total. The number of imidazole rings is 1. The summed E-state index contributed by atoms with van der Waals surface area (Å²) in [5.41, 5.74) is 1.000. The Morgan fingerprint density at radius 1 is 1.06 bits per heavy atom. The summed E-state index contributed by atoms with van der Waals surface area (Å²) in [4.78, 5) is 17.2. The molecule has 4 rings (SSSR count). The molecule has 1 heterocycles. The number of amides is 1. The first-order valence-corrected chi connectivity index (χ1v) is 10.8. The first-order valence-electron chi connectivity index (χ1n) is 10.8. The normalized spacial score (nSPS) is 12.6. The molecule has 1 aromatic heterocycles. The molecule has 0 fully saturated rings. The van der Waals surface area contributed by atoms with Crippen LogP contribution < -0.4 is 5.32 Å². The highest BCUT2D eigenvalue weighted by Crippen LogP contribution is 2.37. The summed E-state index contributed by atoms with van der Waals surface area (Å²) in [5.74, 6) is -0.0807. The van der Waals surface area contributed by atoms with Gasteiger partial charge < -0.3 is 20.1 Å². The highest BCUT2D eigenvalue weighted by atomic mass is 19.1. The van der Waals surface area contributed by atoms with Gasteiger partial charge in [-0.15, -0.1) is 0 Å². The number of aromatic nitrogens is 2. The predicted octanol–water partition coefficient (Wildman–Crippen LogP) is 3.40. The van der Waals surface area contributed by atoms with Gasteiger partial charge in [0.1, 0.15) is 6.67 Å². The number of carbonyl (C=O) groups excluding carboxylic acids is 1. The molecule has 3 aromatic carbocycles. The second kappa shape index (κ2) is 9.52. The molecule has 7 heteroatoms. The van der Waals surface area contributed by atoms with E-state index in [2.05, 4.69) is 5.32 Å². The third-order valence-electron chi connectivity index (χ3n) is 5.58. The van der Waals surface area contributed by atoms with Crippen LogP contribution in [0.1, 0.15) is 34.2 Å². The second-order valence-corrected chi connectivity index (χ2v) is 7.98. The molecule has 1 amide bonds. The number of nitrogens with zero attached hydrogens (tertiary/aromatic N) is 2. The largest absolute Gasteiger partial charge is 0.392 e. The Kier molecular flexibility index (Phi) is 6.53. The Bertz CT molecular complexity index is 1200. The number of fused-ring (bicyclic) bond motifs is 1. The van der Waals surface area contributed by atoms with Crippen molar-refractivity contribution < 1.29 is 19.4 Å². The van der Waals surface area contributed by atoms with E-state index < -0.39 is 18.4 Å². The van der Waals surface area contributed by atoms with E-state index in [9.17, 15) is 19.4 Å². The molecule has 0 saturated heterocycles. The number of halogens is 1. The summed E-state index contributed by atoms with van der Waals surface area (Å²) < 4.78 is 15.3. The lowest BCUT2D eigenvalue weighted by Crippen LogP contribution is -2.33. The van der Waals surface area contributed by atoms with Crippen LogP contribution in [0.4, 0.5) is 4.39 Å². The summed E-state index contributed by atoms with van der Waals surface area (Å²) >= 11 is 0. The van der Waals surface area contributed by atoms with Crippen molar-refractivity contribution >= 4 is 16.9 Å². The summed E-state index contributed by atoms with van der Waals surface area (Å²) in [6.07, 6.45) is -0.673. The van der Waals surface area contributed by atoms with E-state index in [1.807, 2.05) is 36.4 Å². The fraction of sp³-hybridized carbons (Fsp3) is 0.231. The Morgan fingerprint density at radius 3 is 2.21 bits per heavy atom. The SMILES string of the molecule is C[C@@H](O)CNC(=O)c1ccc2nc(C(O)(c3ccccc3)c3ccccc3)n(CCF)c2c1. The van der Waals surface area contributed by atoms with E-state index >= 15 is 0 Å². The molecular formula is C26H26FN3O3. The van der Waals surface area contributed by atoms with Crippen LogP contribution in [0.5, 0.6) is 0 Å². The summed E-state index contributed by atoms with van der Waals surface area (Å²) in [5, 5.41) is 24.3. The van der Waals surface area contributed by atoms with Crippen molar-refractivity contribution in [1.29, 1.82) is 0 Å². The number of benzene rings is 3. The molecular weight excluding hydrogens is 421 g/mol. The highest BCUT2D eigenvalue weighted by molar-refractivity contribution is 5.97. The smallest absolute Gasteiger partial charge is 0.251 e. The van der Waals surface area contributed by atoms with Gasteiger partial charge in [-0.2, -0.15) is 0 Å². The average molecular weight is 448 g/mol. The lowest BCUT2D eigenvalue weighted by molar-refractivity contribution is 0.0924. The first kappa shape index (κ1) is 22.6. The minimum Gasteiger partial charge on any atom is -0.392 e. The van der Waals surface area contributed by atoms with Crippen molar-refractivity contribution in [1.82, 2.24) is 14.9 Å². The minimum atomic E-state index is -1.63. The van der Waals surface area contributed by atoms with Crippen LogP contribution in [0.25, 0.3) is 11.0 Å². The van der Waals surface area contributed by atoms with E-state index in [0.29, 0.717) is 27.7 Å². The number of carbonyl (C=O) groups is 1. The van der Waals surface area contributed by atoms with Gasteiger partial charge >= 0.3 is 0 Å². The molecule has 0 aliphatic heterocycles. The molecule has 0 unspecified atom stereocenters. The quantitative estimate of drug-likeness (QED) is 0.386. The van der Waals surface area contributed by atoms with Crippen molar-refractivity contribution in [2.24, 2.45) is 0 Å². The lowest BCUT2D eigenvalue weighted by atomic mass is 9.85. The lowest BCUT2D eigenvalue weighted by Gasteiger charge is -2.29. The standard InChI is InChI=1S/C26H26FN3O3/c1-18(31)17-28-24(32)19-12-13-22-23(16-19)30(15-14-27)25(29-22)26(33,20-8-4-2-5-9-20)21-10-6-3-7-11-21/h2-13,16,18,31,33H,14-15,17H2,1H3,(H,28,32)/t18-/m1/s1. The molecule has 3 N–H and O–H groups in total. The Hall–Kier alpha value is -3.55. The van der Waals surface area contributed by atoms with Gasteiger partial charge in [-0.3, -0.25) is 4.79 Å². The van der Waals surface area contributed by atoms with Crippen LogP contribution in [0.2, 0.25) is 0 Å². The summed E-state index contributed by atoms with van der Waals surface area (Å²) in [6, 6.07) is 23.2.